The highest BCUT2D eigenvalue weighted by Crippen LogP contribution is 2.28. The van der Waals surface area contributed by atoms with Gasteiger partial charge in [0.05, 0.1) is 10.6 Å². The highest BCUT2D eigenvalue weighted by Gasteiger charge is 2.11. The van der Waals surface area contributed by atoms with E-state index >= 15 is 0 Å². The maximum atomic E-state index is 10.6. The molecule has 0 aliphatic heterocycles. The molecule has 0 bridgehead atoms. The minimum atomic E-state index is -0.424. The Balaban J connectivity index is 2.13. The predicted molar refractivity (Wildman–Crippen MR) is 73.7 cm³/mol. The molecule has 3 aromatic rings. The van der Waals surface area contributed by atoms with Gasteiger partial charge in [0.25, 0.3) is 5.69 Å². The first-order chi connectivity index (χ1) is 9.15. The number of nitrogens with one attached hydrogen (secondary N) is 1. The number of non-ortho nitro benzene ring substituents is 1. The van der Waals surface area contributed by atoms with Crippen molar-refractivity contribution in [1.82, 2.24) is 15.2 Å². The lowest BCUT2D eigenvalue weighted by Crippen LogP contribution is -1.87. The lowest BCUT2D eigenvalue weighted by molar-refractivity contribution is -0.384. The first kappa shape index (κ1) is 11.8. The van der Waals surface area contributed by atoms with E-state index in [1.54, 1.807) is 18.3 Å². The number of nitro benzene ring substituents is 1. The molecule has 94 valence electrons. The van der Waals surface area contributed by atoms with E-state index in [4.69, 9.17) is 0 Å². The normalized spacial score (nSPS) is 10.8. The zero-order chi connectivity index (χ0) is 13.4. The van der Waals surface area contributed by atoms with Crippen molar-refractivity contribution < 1.29 is 4.92 Å². The van der Waals surface area contributed by atoms with Crippen molar-refractivity contribution >= 4 is 32.7 Å². The summed E-state index contributed by atoms with van der Waals surface area (Å²) in [6.45, 7) is 0. The Labute approximate surface area is 115 Å². The van der Waals surface area contributed by atoms with Crippen molar-refractivity contribution in [3.8, 4) is 11.3 Å². The second-order valence-corrected chi connectivity index (χ2v) is 4.84. The van der Waals surface area contributed by atoms with Crippen molar-refractivity contribution in [2.45, 2.75) is 0 Å². The predicted octanol–water partition coefficient (Wildman–Crippen LogP) is 3.30. The maximum absolute atomic E-state index is 10.6. The van der Waals surface area contributed by atoms with Crippen molar-refractivity contribution in [2.75, 3.05) is 0 Å². The highest BCUT2D eigenvalue weighted by molar-refractivity contribution is 9.10. The highest BCUT2D eigenvalue weighted by atomic mass is 79.9. The molecule has 0 radical (unpaired) electrons. The van der Waals surface area contributed by atoms with Gasteiger partial charge in [-0.15, -0.1) is 0 Å². The molecule has 1 N–H and O–H groups in total. The van der Waals surface area contributed by atoms with Gasteiger partial charge in [-0.25, -0.2) is 4.98 Å². The molecule has 0 saturated carbocycles. The minimum absolute atomic E-state index is 0.0619. The Hall–Kier alpha value is -2.28. The Morgan fingerprint density at radius 1 is 1.26 bits per heavy atom. The number of aromatic nitrogens is 3. The molecule has 0 fully saturated rings. The molecular weight excluding hydrogens is 312 g/mol. The van der Waals surface area contributed by atoms with Gasteiger partial charge in [0.15, 0.2) is 5.65 Å². The summed E-state index contributed by atoms with van der Waals surface area (Å²) in [4.78, 5) is 14.4. The number of nitrogens with zero attached hydrogens (tertiary/aromatic N) is 3. The average molecular weight is 319 g/mol. The number of aromatic amines is 1. The molecule has 0 amide bonds. The van der Waals surface area contributed by atoms with Crippen LogP contribution in [0.5, 0.6) is 0 Å². The summed E-state index contributed by atoms with van der Waals surface area (Å²) >= 11 is 3.36. The molecule has 1 aromatic carbocycles. The van der Waals surface area contributed by atoms with E-state index in [0.29, 0.717) is 5.65 Å². The summed E-state index contributed by atoms with van der Waals surface area (Å²) in [5.74, 6) is 0. The van der Waals surface area contributed by atoms with E-state index in [2.05, 4.69) is 31.1 Å². The summed E-state index contributed by atoms with van der Waals surface area (Å²) in [6, 6.07) is 8.21. The number of rotatable bonds is 2. The van der Waals surface area contributed by atoms with Gasteiger partial charge >= 0.3 is 0 Å². The molecule has 2 heterocycles. The summed E-state index contributed by atoms with van der Waals surface area (Å²) in [5.41, 5.74) is 2.29. The Kier molecular flexibility index (Phi) is 2.75. The monoisotopic (exact) mass is 318 g/mol. The number of H-pyrrole nitrogens is 1. The van der Waals surface area contributed by atoms with Gasteiger partial charge in [0, 0.05) is 33.8 Å². The molecule has 6 nitrogen and oxygen atoms in total. The van der Waals surface area contributed by atoms with Gasteiger partial charge in [0.2, 0.25) is 0 Å². The van der Waals surface area contributed by atoms with E-state index in [9.17, 15) is 10.1 Å². The van der Waals surface area contributed by atoms with Crippen molar-refractivity contribution in [1.29, 1.82) is 0 Å². The molecular formula is C12H7BrN4O2. The largest absolute Gasteiger partial charge is 0.275 e. The zero-order valence-electron chi connectivity index (χ0n) is 9.50. The van der Waals surface area contributed by atoms with Crippen molar-refractivity contribution in [2.24, 2.45) is 0 Å². The average Bonchev–Trinajstić information content (AvgIpc) is 2.81. The molecule has 19 heavy (non-hydrogen) atoms. The van der Waals surface area contributed by atoms with E-state index in [1.807, 2.05) is 6.07 Å². The summed E-state index contributed by atoms with van der Waals surface area (Å²) < 4.78 is 0.851. The Morgan fingerprint density at radius 2 is 2.00 bits per heavy atom. The molecule has 0 aliphatic carbocycles. The molecule has 2 aromatic heterocycles. The second kappa shape index (κ2) is 4.43. The third kappa shape index (κ3) is 2.08. The van der Waals surface area contributed by atoms with Gasteiger partial charge in [-0.05, 0) is 34.1 Å². The van der Waals surface area contributed by atoms with Crippen LogP contribution in [0.4, 0.5) is 5.69 Å². The van der Waals surface area contributed by atoms with Crippen LogP contribution in [0.3, 0.4) is 0 Å². The van der Waals surface area contributed by atoms with Crippen molar-refractivity contribution in [3.63, 3.8) is 0 Å². The van der Waals surface area contributed by atoms with Gasteiger partial charge in [0.1, 0.15) is 0 Å². The van der Waals surface area contributed by atoms with E-state index in [1.165, 1.54) is 12.1 Å². The van der Waals surface area contributed by atoms with Crippen LogP contribution in [0.1, 0.15) is 0 Å². The third-order valence-corrected chi connectivity index (χ3v) is 3.18. The molecule has 0 atom stereocenters. The topological polar surface area (TPSA) is 84.7 Å². The molecule has 3 rings (SSSR count). The number of hydrogen-bond donors (Lipinski definition) is 1. The van der Waals surface area contributed by atoms with Gasteiger partial charge in [-0.3, -0.25) is 15.2 Å². The maximum Gasteiger partial charge on any atom is 0.269 e. The van der Waals surface area contributed by atoms with Crippen LogP contribution < -0.4 is 0 Å². The number of hydrogen-bond acceptors (Lipinski definition) is 4. The first-order valence-corrected chi connectivity index (χ1v) is 6.19. The van der Waals surface area contributed by atoms with Crippen LogP contribution in [0, 0.1) is 10.1 Å². The number of halogens is 1. The Morgan fingerprint density at radius 3 is 2.68 bits per heavy atom. The Bertz CT molecular complexity index is 767. The fourth-order valence-electron chi connectivity index (χ4n) is 1.84. The number of nitro groups is 1. The molecule has 0 aliphatic rings. The fraction of sp³-hybridized carbons (Fsp3) is 0. The van der Waals surface area contributed by atoms with Crippen LogP contribution in [0.25, 0.3) is 22.3 Å². The molecule has 0 saturated heterocycles. The van der Waals surface area contributed by atoms with Crippen molar-refractivity contribution in [3.05, 3.63) is 51.1 Å². The standard InChI is InChI=1S/C12H7BrN4O2/c13-8-5-10-11(15-16-12(10)14-6-8)7-1-3-9(4-2-7)17(18)19/h1-6H,(H,14,15,16). The number of benzene rings is 1. The first-order valence-electron chi connectivity index (χ1n) is 5.39. The molecule has 0 spiro atoms. The van der Waals surface area contributed by atoms with E-state index < -0.39 is 4.92 Å². The van der Waals surface area contributed by atoms with E-state index in [0.717, 1.165) is 21.1 Å². The lowest BCUT2D eigenvalue weighted by atomic mass is 10.1. The summed E-state index contributed by atoms with van der Waals surface area (Å²) in [6.07, 6.45) is 1.67. The third-order valence-electron chi connectivity index (χ3n) is 2.74. The second-order valence-electron chi connectivity index (χ2n) is 3.93. The van der Waals surface area contributed by atoms with E-state index in [-0.39, 0.29) is 5.69 Å². The summed E-state index contributed by atoms with van der Waals surface area (Å²) in [7, 11) is 0. The summed E-state index contributed by atoms with van der Waals surface area (Å²) in [5, 5.41) is 18.5. The zero-order valence-corrected chi connectivity index (χ0v) is 11.1. The van der Waals surface area contributed by atoms with Crippen LogP contribution in [0.2, 0.25) is 0 Å². The van der Waals surface area contributed by atoms with Gasteiger partial charge in [-0.2, -0.15) is 5.10 Å². The number of fused-ring (bicyclic) bond motifs is 1. The quantitative estimate of drug-likeness (QED) is 0.580. The number of pyridine rings is 1. The van der Waals surface area contributed by atoms with Crippen LogP contribution in [-0.2, 0) is 0 Å². The minimum Gasteiger partial charge on any atom is -0.275 e. The van der Waals surface area contributed by atoms with Gasteiger partial charge in [-0.1, -0.05) is 0 Å². The van der Waals surface area contributed by atoms with Crippen LogP contribution >= 0.6 is 15.9 Å². The smallest absolute Gasteiger partial charge is 0.269 e. The molecule has 0 unspecified atom stereocenters. The van der Waals surface area contributed by atoms with Crippen LogP contribution in [-0.4, -0.2) is 20.1 Å². The lowest BCUT2D eigenvalue weighted by Gasteiger charge is -1.98. The van der Waals surface area contributed by atoms with Crippen LogP contribution in [0.15, 0.2) is 41.0 Å². The molecule has 7 heteroatoms. The van der Waals surface area contributed by atoms with Gasteiger partial charge < -0.3 is 0 Å². The fourth-order valence-corrected chi connectivity index (χ4v) is 2.18. The SMILES string of the molecule is O=[N+]([O-])c1ccc(-c2[nH]nc3ncc(Br)cc23)cc1.